The van der Waals surface area contributed by atoms with Crippen LogP contribution in [-0.2, 0) is 6.42 Å². The van der Waals surface area contributed by atoms with Crippen LogP contribution in [0.5, 0.6) is 0 Å². The van der Waals surface area contributed by atoms with Crippen LogP contribution in [0.4, 0.5) is 4.39 Å². The van der Waals surface area contributed by atoms with Crippen LogP contribution in [0, 0.1) is 12.7 Å². The fourth-order valence-electron chi connectivity index (χ4n) is 2.33. The number of nitrogens with one attached hydrogen (secondary N) is 1. The Kier molecular flexibility index (Phi) is 3.87. The monoisotopic (exact) mass is 297 g/mol. The Morgan fingerprint density at radius 3 is 2.95 bits per heavy atom. The Morgan fingerprint density at radius 2 is 2.14 bits per heavy atom. The standard InChI is InChI=1S/C17H16FN3O/c1-12-3-2-4-13(9-12)17(22)19-8-7-15-11-21-10-14(18)5-6-16(21)20-15/h2-6,9-11H,7-8H2,1H3,(H,19,22). The van der Waals surface area contributed by atoms with Crippen molar-refractivity contribution >= 4 is 11.6 Å². The minimum absolute atomic E-state index is 0.0986. The summed E-state index contributed by atoms with van der Waals surface area (Å²) >= 11 is 0. The third kappa shape index (κ3) is 3.14. The van der Waals surface area contributed by atoms with Gasteiger partial charge in [0.05, 0.1) is 5.69 Å². The highest BCUT2D eigenvalue weighted by atomic mass is 19.1. The molecule has 3 aromatic rings. The van der Waals surface area contributed by atoms with Crippen molar-refractivity contribution in [2.75, 3.05) is 6.54 Å². The lowest BCUT2D eigenvalue weighted by atomic mass is 10.1. The van der Waals surface area contributed by atoms with E-state index in [1.807, 2.05) is 25.1 Å². The normalized spacial score (nSPS) is 10.8. The number of amides is 1. The molecule has 0 aliphatic carbocycles. The number of pyridine rings is 1. The van der Waals surface area contributed by atoms with Crippen LogP contribution >= 0.6 is 0 Å². The molecule has 0 aliphatic heterocycles. The number of nitrogens with zero attached hydrogens (tertiary/aromatic N) is 2. The van der Waals surface area contributed by atoms with Crippen LogP contribution in [0.1, 0.15) is 21.6 Å². The zero-order chi connectivity index (χ0) is 15.5. The van der Waals surface area contributed by atoms with Gasteiger partial charge in [-0.3, -0.25) is 4.79 Å². The van der Waals surface area contributed by atoms with Crippen molar-refractivity contribution < 1.29 is 9.18 Å². The van der Waals surface area contributed by atoms with Crippen molar-refractivity contribution in [2.45, 2.75) is 13.3 Å². The summed E-state index contributed by atoms with van der Waals surface area (Å²) in [5.74, 6) is -0.400. The number of rotatable bonds is 4. The second-order valence-corrected chi connectivity index (χ2v) is 5.22. The number of carbonyl (C=O) groups excluding carboxylic acids is 1. The Bertz CT molecular complexity index is 826. The summed E-state index contributed by atoms with van der Waals surface area (Å²) in [4.78, 5) is 16.4. The molecule has 2 aromatic heterocycles. The number of benzene rings is 1. The van der Waals surface area contributed by atoms with E-state index in [2.05, 4.69) is 10.3 Å². The SMILES string of the molecule is Cc1cccc(C(=O)NCCc2cn3cc(F)ccc3n2)c1. The van der Waals surface area contributed by atoms with Gasteiger partial charge in [-0.15, -0.1) is 0 Å². The van der Waals surface area contributed by atoms with Crippen LogP contribution in [-0.4, -0.2) is 21.8 Å². The zero-order valence-electron chi connectivity index (χ0n) is 12.2. The number of carbonyl (C=O) groups is 1. The Labute approximate surface area is 127 Å². The number of aryl methyl sites for hydroxylation is 1. The van der Waals surface area contributed by atoms with Crippen LogP contribution < -0.4 is 5.32 Å². The molecule has 0 aliphatic rings. The Morgan fingerprint density at radius 1 is 1.27 bits per heavy atom. The van der Waals surface area contributed by atoms with Gasteiger partial charge in [0, 0.05) is 30.9 Å². The molecule has 1 N–H and O–H groups in total. The second kappa shape index (κ2) is 5.97. The fourth-order valence-corrected chi connectivity index (χ4v) is 2.33. The largest absolute Gasteiger partial charge is 0.352 e. The lowest BCUT2D eigenvalue weighted by Crippen LogP contribution is -2.25. The van der Waals surface area contributed by atoms with E-state index >= 15 is 0 Å². The van der Waals surface area contributed by atoms with Gasteiger partial charge >= 0.3 is 0 Å². The van der Waals surface area contributed by atoms with Gasteiger partial charge in [0.15, 0.2) is 0 Å². The molecule has 0 fully saturated rings. The van der Waals surface area contributed by atoms with Crippen molar-refractivity contribution in [1.29, 1.82) is 0 Å². The molecule has 0 bridgehead atoms. The summed E-state index contributed by atoms with van der Waals surface area (Å²) in [6.07, 6.45) is 3.76. The first-order valence-corrected chi connectivity index (χ1v) is 7.10. The fraction of sp³-hybridized carbons (Fsp3) is 0.176. The van der Waals surface area contributed by atoms with Gasteiger partial charge in [-0.2, -0.15) is 0 Å². The average Bonchev–Trinajstić information content (AvgIpc) is 2.89. The molecule has 1 aromatic carbocycles. The van der Waals surface area contributed by atoms with Crippen molar-refractivity contribution in [2.24, 2.45) is 0 Å². The van der Waals surface area contributed by atoms with Gasteiger partial charge in [-0.05, 0) is 31.2 Å². The molecule has 22 heavy (non-hydrogen) atoms. The third-order valence-corrected chi connectivity index (χ3v) is 3.41. The molecule has 5 heteroatoms. The number of hydrogen-bond acceptors (Lipinski definition) is 2. The lowest BCUT2D eigenvalue weighted by Gasteiger charge is -2.04. The average molecular weight is 297 g/mol. The zero-order valence-corrected chi connectivity index (χ0v) is 12.2. The van der Waals surface area contributed by atoms with Gasteiger partial charge in [0.2, 0.25) is 0 Å². The first-order chi connectivity index (χ1) is 10.6. The third-order valence-electron chi connectivity index (χ3n) is 3.41. The number of hydrogen-bond donors (Lipinski definition) is 1. The maximum absolute atomic E-state index is 13.1. The molecule has 0 unspecified atom stereocenters. The van der Waals surface area contributed by atoms with Crippen molar-refractivity contribution in [1.82, 2.24) is 14.7 Å². The molecule has 0 spiro atoms. The minimum Gasteiger partial charge on any atom is -0.352 e. The molecule has 2 heterocycles. The van der Waals surface area contributed by atoms with E-state index < -0.39 is 0 Å². The van der Waals surface area contributed by atoms with Gasteiger partial charge < -0.3 is 9.72 Å². The topological polar surface area (TPSA) is 46.4 Å². The number of halogens is 1. The Hall–Kier alpha value is -2.69. The predicted molar refractivity (Wildman–Crippen MR) is 82.4 cm³/mol. The molecule has 0 radical (unpaired) electrons. The highest BCUT2D eigenvalue weighted by molar-refractivity contribution is 5.94. The van der Waals surface area contributed by atoms with Gasteiger partial charge in [-0.25, -0.2) is 9.37 Å². The molecule has 0 saturated carbocycles. The lowest BCUT2D eigenvalue weighted by molar-refractivity contribution is 0.0954. The summed E-state index contributed by atoms with van der Waals surface area (Å²) < 4.78 is 14.8. The smallest absolute Gasteiger partial charge is 0.251 e. The minimum atomic E-state index is -0.302. The van der Waals surface area contributed by atoms with E-state index in [-0.39, 0.29) is 11.7 Å². The molecule has 0 saturated heterocycles. The molecule has 4 nitrogen and oxygen atoms in total. The number of aromatic nitrogens is 2. The van der Waals surface area contributed by atoms with E-state index in [1.54, 1.807) is 22.7 Å². The van der Waals surface area contributed by atoms with Crippen LogP contribution in [0.3, 0.4) is 0 Å². The van der Waals surface area contributed by atoms with Crippen LogP contribution in [0.25, 0.3) is 5.65 Å². The molecule has 3 rings (SSSR count). The van der Waals surface area contributed by atoms with E-state index in [0.29, 0.717) is 24.2 Å². The summed E-state index contributed by atoms with van der Waals surface area (Å²) in [5.41, 5.74) is 3.21. The van der Waals surface area contributed by atoms with Gasteiger partial charge in [0.25, 0.3) is 5.91 Å². The molecular formula is C17H16FN3O. The molecule has 112 valence electrons. The summed E-state index contributed by atoms with van der Waals surface area (Å²) in [7, 11) is 0. The van der Waals surface area contributed by atoms with E-state index in [1.165, 1.54) is 12.3 Å². The quantitative estimate of drug-likeness (QED) is 0.805. The molecule has 0 atom stereocenters. The summed E-state index contributed by atoms with van der Waals surface area (Å²) in [5, 5.41) is 2.87. The van der Waals surface area contributed by atoms with E-state index in [4.69, 9.17) is 0 Å². The predicted octanol–water partition coefficient (Wildman–Crippen LogP) is 2.75. The highest BCUT2D eigenvalue weighted by Gasteiger charge is 2.06. The number of fused-ring (bicyclic) bond motifs is 1. The molecule has 1 amide bonds. The van der Waals surface area contributed by atoms with Crippen molar-refractivity contribution in [3.63, 3.8) is 0 Å². The second-order valence-electron chi connectivity index (χ2n) is 5.22. The highest BCUT2D eigenvalue weighted by Crippen LogP contribution is 2.07. The van der Waals surface area contributed by atoms with E-state index in [0.717, 1.165) is 11.3 Å². The van der Waals surface area contributed by atoms with E-state index in [9.17, 15) is 9.18 Å². The first kappa shape index (κ1) is 14.3. The summed E-state index contributed by atoms with van der Waals surface area (Å²) in [6.45, 7) is 2.44. The van der Waals surface area contributed by atoms with Crippen molar-refractivity contribution in [3.8, 4) is 0 Å². The van der Waals surface area contributed by atoms with Gasteiger partial charge in [0.1, 0.15) is 11.5 Å². The Balaban J connectivity index is 1.61. The van der Waals surface area contributed by atoms with Crippen LogP contribution in [0.2, 0.25) is 0 Å². The maximum Gasteiger partial charge on any atom is 0.251 e. The van der Waals surface area contributed by atoms with Crippen molar-refractivity contribution in [3.05, 3.63) is 71.4 Å². The first-order valence-electron chi connectivity index (χ1n) is 7.10. The number of imidazole rings is 1. The van der Waals surface area contributed by atoms with Gasteiger partial charge in [-0.1, -0.05) is 17.7 Å². The molecular weight excluding hydrogens is 281 g/mol. The maximum atomic E-state index is 13.1. The van der Waals surface area contributed by atoms with Crippen LogP contribution in [0.15, 0.2) is 48.8 Å². The summed E-state index contributed by atoms with van der Waals surface area (Å²) in [6, 6.07) is 10.5.